The summed E-state index contributed by atoms with van der Waals surface area (Å²) in [5.41, 5.74) is 0. The maximum atomic E-state index is 10.5. The Hall–Kier alpha value is -0.860. The lowest BCUT2D eigenvalue weighted by Crippen LogP contribution is -2.41. The zero-order chi connectivity index (χ0) is 7.72. The zero-order valence-electron chi connectivity index (χ0n) is 6.09. The molecule has 1 saturated heterocycles. The molecule has 0 radical (unpaired) electrons. The third kappa shape index (κ3) is 1.17. The summed E-state index contributed by atoms with van der Waals surface area (Å²) in [6.07, 6.45) is 0.623. The predicted octanol–water partition coefficient (Wildman–Crippen LogP) is 0.732. The van der Waals surface area contributed by atoms with Gasteiger partial charge in [0.15, 0.2) is 5.92 Å². The minimum absolute atomic E-state index is 0.362. The number of rotatable bonds is 2. The van der Waals surface area contributed by atoms with Crippen molar-refractivity contribution >= 4 is 11.9 Å². The van der Waals surface area contributed by atoms with Gasteiger partial charge in [0.25, 0.3) is 0 Å². The quantitative estimate of drug-likeness (QED) is 0.421. The number of esters is 2. The van der Waals surface area contributed by atoms with E-state index in [0.29, 0.717) is 12.3 Å². The largest absolute Gasteiger partial charge is 0.392 e. The van der Waals surface area contributed by atoms with Gasteiger partial charge in [-0.3, -0.25) is 9.59 Å². The molecule has 0 unspecified atom stereocenters. The predicted molar refractivity (Wildman–Crippen MR) is 34.0 cm³/mol. The van der Waals surface area contributed by atoms with Crippen LogP contribution in [-0.4, -0.2) is 11.9 Å². The Bertz CT molecular complexity index is 158. The Morgan fingerprint density at radius 1 is 1.40 bits per heavy atom. The van der Waals surface area contributed by atoms with Crippen LogP contribution in [0.15, 0.2) is 0 Å². The molecule has 3 heteroatoms. The van der Waals surface area contributed by atoms with Crippen LogP contribution in [0.2, 0.25) is 0 Å². The van der Waals surface area contributed by atoms with Crippen LogP contribution in [0.5, 0.6) is 0 Å². The molecule has 0 amide bonds. The number of hydrogen-bond donors (Lipinski definition) is 0. The van der Waals surface area contributed by atoms with Gasteiger partial charge in [0.2, 0.25) is 0 Å². The first kappa shape index (κ1) is 7.25. The highest BCUT2D eigenvalue weighted by molar-refractivity contribution is 6.09. The summed E-state index contributed by atoms with van der Waals surface area (Å²) < 4.78 is 4.17. The van der Waals surface area contributed by atoms with E-state index in [4.69, 9.17) is 0 Å². The summed E-state index contributed by atoms with van der Waals surface area (Å²) in [6.45, 7) is 3.94. The molecule has 0 spiro atoms. The van der Waals surface area contributed by atoms with Crippen LogP contribution in [0.1, 0.15) is 20.3 Å². The first-order valence-electron chi connectivity index (χ1n) is 3.37. The lowest BCUT2D eigenvalue weighted by atomic mass is 9.94. The van der Waals surface area contributed by atoms with E-state index in [9.17, 15) is 9.59 Å². The van der Waals surface area contributed by atoms with E-state index in [1.165, 1.54) is 0 Å². The molecular weight excluding hydrogens is 132 g/mol. The van der Waals surface area contributed by atoms with E-state index >= 15 is 0 Å². The molecule has 0 saturated carbocycles. The second-order valence-electron chi connectivity index (χ2n) is 2.92. The smallest absolute Gasteiger partial charge is 0.328 e. The van der Waals surface area contributed by atoms with Crippen molar-refractivity contribution in [2.45, 2.75) is 20.3 Å². The maximum Gasteiger partial charge on any atom is 0.328 e. The Labute approximate surface area is 59.4 Å². The van der Waals surface area contributed by atoms with Gasteiger partial charge in [0.05, 0.1) is 0 Å². The first-order chi connectivity index (χ1) is 4.61. The summed E-state index contributed by atoms with van der Waals surface area (Å²) in [6, 6.07) is 0. The molecule has 56 valence electrons. The highest BCUT2D eigenvalue weighted by atomic mass is 16.6. The van der Waals surface area contributed by atoms with Crippen molar-refractivity contribution in [3.05, 3.63) is 0 Å². The van der Waals surface area contributed by atoms with Crippen LogP contribution in [0, 0.1) is 11.8 Å². The van der Waals surface area contributed by atoms with E-state index in [0.717, 1.165) is 0 Å². The summed E-state index contributed by atoms with van der Waals surface area (Å²) in [5.74, 6) is -0.806. The topological polar surface area (TPSA) is 43.4 Å². The van der Waals surface area contributed by atoms with Gasteiger partial charge in [0, 0.05) is 0 Å². The number of cyclic esters (lactones) is 2. The Morgan fingerprint density at radius 2 is 1.90 bits per heavy atom. The third-order valence-electron chi connectivity index (χ3n) is 1.48. The van der Waals surface area contributed by atoms with Gasteiger partial charge < -0.3 is 4.74 Å². The van der Waals surface area contributed by atoms with E-state index in [-0.39, 0.29) is 11.9 Å². The zero-order valence-corrected chi connectivity index (χ0v) is 6.09. The van der Waals surface area contributed by atoms with Crippen LogP contribution in [0.25, 0.3) is 0 Å². The third-order valence-corrected chi connectivity index (χ3v) is 1.48. The van der Waals surface area contributed by atoms with Crippen molar-refractivity contribution in [3.63, 3.8) is 0 Å². The van der Waals surface area contributed by atoms with Crippen LogP contribution in [-0.2, 0) is 14.3 Å². The lowest BCUT2D eigenvalue weighted by Gasteiger charge is -2.22. The average molecular weight is 142 g/mol. The standard InChI is InChI=1S/C7H10O3/c1-4(2)3-5-6(8)10-7(5)9/h4-5H,3H2,1-2H3. The van der Waals surface area contributed by atoms with Gasteiger partial charge in [-0.25, -0.2) is 0 Å². The normalized spacial score (nSPS) is 19.1. The molecule has 0 bridgehead atoms. The van der Waals surface area contributed by atoms with E-state index in [1.54, 1.807) is 0 Å². The molecular formula is C7H10O3. The molecule has 1 aliphatic rings. The van der Waals surface area contributed by atoms with Gasteiger partial charge >= 0.3 is 11.9 Å². The molecule has 0 atom stereocenters. The number of ether oxygens (including phenoxy) is 1. The molecule has 1 rings (SSSR count). The second kappa shape index (κ2) is 2.40. The van der Waals surface area contributed by atoms with Crippen molar-refractivity contribution in [1.82, 2.24) is 0 Å². The molecule has 0 aromatic carbocycles. The highest BCUT2D eigenvalue weighted by Crippen LogP contribution is 2.22. The van der Waals surface area contributed by atoms with Crippen molar-refractivity contribution in [2.75, 3.05) is 0 Å². The average Bonchev–Trinajstić information content (AvgIpc) is 1.84. The molecule has 0 aromatic heterocycles. The van der Waals surface area contributed by atoms with Crippen LogP contribution in [0.3, 0.4) is 0 Å². The number of hydrogen-bond acceptors (Lipinski definition) is 3. The molecule has 10 heavy (non-hydrogen) atoms. The summed E-state index contributed by atoms with van der Waals surface area (Å²) in [5, 5.41) is 0. The summed E-state index contributed by atoms with van der Waals surface area (Å²) >= 11 is 0. The van der Waals surface area contributed by atoms with Crippen molar-refractivity contribution in [1.29, 1.82) is 0 Å². The molecule has 0 aliphatic carbocycles. The molecule has 0 aromatic rings. The van der Waals surface area contributed by atoms with Gasteiger partial charge in [-0.15, -0.1) is 0 Å². The van der Waals surface area contributed by atoms with E-state index in [2.05, 4.69) is 4.74 Å². The number of carbonyl (C=O) groups excluding carboxylic acids is 2. The fourth-order valence-electron chi connectivity index (χ4n) is 0.943. The lowest BCUT2D eigenvalue weighted by molar-refractivity contribution is -0.184. The van der Waals surface area contributed by atoms with E-state index < -0.39 is 5.92 Å². The Kier molecular flexibility index (Phi) is 1.74. The molecule has 1 heterocycles. The van der Waals surface area contributed by atoms with E-state index in [1.807, 2.05) is 13.8 Å². The Balaban J connectivity index is 2.41. The fraction of sp³-hybridized carbons (Fsp3) is 0.714. The number of carbonyl (C=O) groups is 2. The first-order valence-corrected chi connectivity index (χ1v) is 3.37. The molecule has 1 fully saturated rings. The van der Waals surface area contributed by atoms with Crippen LogP contribution < -0.4 is 0 Å². The van der Waals surface area contributed by atoms with Crippen LogP contribution >= 0.6 is 0 Å². The van der Waals surface area contributed by atoms with Crippen molar-refractivity contribution in [2.24, 2.45) is 11.8 Å². The SMILES string of the molecule is CC(C)CC1C(=O)OC1=O. The molecule has 1 aliphatic heterocycles. The van der Waals surface area contributed by atoms with Gasteiger partial charge in [0.1, 0.15) is 0 Å². The van der Waals surface area contributed by atoms with Gasteiger partial charge in [-0.05, 0) is 12.3 Å². The minimum atomic E-state index is -0.458. The summed E-state index contributed by atoms with van der Waals surface area (Å²) in [7, 11) is 0. The Morgan fingerprint density at radius 3 is 2.10 bits per heavy atom. The minimum Gasteiger partial charge on any atom is -0.392 e. The van der Waals surface area contributed by atoms with Crippen LogP contribution in [0.4, 0.5) is 0 Å². The van der Waals surface area contributed by atoms with Crippen molar-refractivity contribution < 1.29 is 14.3 Å². The van der Waals surface area contributed by atoms with Gasteiger partial charge in [-0.2, -0.15) is 0 Å². The maximum absolute atomic E-state index is 10.5. The summed E-state index contributed by atoms with van der Waals surface area (Å²) in [4.78, 5) is 21.1. The monoisotopic (exact) mass is 142 g/mol. The van der Waals surface area contributed by atoms with Gasteiger partial charge in [-0.1, -0.05) is 13.8 Å². The second-order valence-corrected chi connectivity index (χ2v) is 2.92. The fourth-order valence-corrected chi connectivity index (χ4v) is 0.943. The van der Waals surface area contributed by atoms with Crippen molar-refractivity contribution in [3.8, 4) is 0 Å². The molecule has 3 nitrogen and oxygen atoms in total. The highest BCUT2D eigenvalue weighted by Gasteiger charge is 2.41. The molecule has 0 N–H and O–H groups in total.